The second-order valence-electron chi connectivity index (χ2n) is 11.5. The van der Waals surface area contributed by atoms with Crippen LogP contribution in [0.25, 0.3) is 10.8 Å². The number of anilines is 2. The number of benzene rings is 2. The number of fused-ring (bicyclic) bond motifs is 2. The van der Waals surface area contributed by atoms with E-state index in [2.05, 4.69) is 94.4 Å². The molecule has 0 spiro atoms. The van der Waals surface area contributed by atoms with Crippen molar-refractivity contribution in [3.63, 3.8) is 0 Å². The maximum absolute atomic E-state index is 9.55. The topological polar surface area (TPSA) is 71.8 Å². The van der Waals surface area contributed by atoms with E-state index in [1.165, 1.54) is 22.0 Å². The summed E-state index contributed by atoms with van der Waals surface area (Å²) in [5.74, 6) is 0.993. The molecule has 2 fully saturated rings. The molecule has 3 aliphatic rings. The third-order valence-corrected chi connectivity index (χ3v) is 9.09. The summed E-state index contributed by atoms with van der Waals surface area (Å²) < 4.78 is 6.45. The molecular formula is C33H41N7O. The van der Waals surface area contributed by atoms with E-state index in [4.69, 9.17) is 14.7 Å². The number of aromatic nitrogens is 2. The van der Waals surface area contributed by atoms with Gasteiger partial charge in [0.15, 0.2) is 0 Å². The molecule has 8 nitrogen and oxygen atoms in total. The Kier molecular flexibility index (Phi) is 7.97. The molecule has 2 aliphatic heterocycles. The predicted molar refractivity (Wildman–Crippen MR) is 164 cm³/mol. The van der Waals surface area contributed by atoms with Gasteiger partial charge in [-0.05, 0) is 44.6 Å². The minimum Gasteiger partial charge on any atom is -0.460 e. The van der Waals surface area contributed by atoms with Gasteiger partial charge in [0.25, 0.3) is 0 Å². The van der Waals surface area contributed by atoms with Crippen LogP contribution in [0.2, 0.25) is 0 Å². The van der Waals surface area contributed by atoms with Gasteiger partial charge < -0.3 is 24.3 Å². The summed E-state index contributed by atoms with van der Waals surface area (Å²) in [6, 6.07) is 18.7. The molecule has 8 heteroatoms. The number of ether oxygens (including phenoxy) is 1. The van der Waals surface area contributed by atoms with E-state index in [9.17, 15) is 5.26 Å². The van der Waals surface area contributed by atoms with E-state index in [0.717, 1.165) is 70.0 Å². The second-order valence-corrected chi connectivity index (χ2v) is 11.5. The number of nitrogens with zero attached hydrogens (tertiary/aromatic N) is 7. The number of nitriles is 1. The highest BCUT2D eigenvalue weighted by Crippen LogP contribution is 2.36. The molecular weight excluding hydrogens is 510 g/mol. The molecule has 6 rings (SSSR count). The monoisotopic (exact) mass is 551 g/mol. The lowest BCUT2D eigenvalue weighted by Gasteiger charge is -2.42. The fourth-order valence-electron chi connectivity index (χ4n) is 6.53. The third-order valence-electron chi connectivity index (χ3n) is 9.09. The molecule has 1 atom stereocenters. The minimum atomic E-state index is 0.132. The van der Waals surface area contributed by atoms with E-state index in [1.807, 2.05) is 6.92 Å². The summed E-state index contributed by atoms with van der Waals surface area (Å²) in [5.41, 5.74) is 3.52. The van der Waals surface area contributed by atoms with Crippen LogP contribution in [0.1, 0.15) is 44.4 Å². The van der Waals surface area contributed by atoms with Gasteiger partial charge >= 0.3 is 6.01 Å². The van der Waals surface area contributed by atoms with Crippen molar-refractivity contribution < 1.29 is 4.74 Å². The first kappa shape index (κ1) is 27.3. The molecule has 0 amide bonds. The molecule has 3 heterocycles. The average Bonchev–Trinajstić information content (AvgIpc) is 2.98. The van der Waals surface area contributed by atoms with Crippen LogP contribution in [-0.4, -0.2) is 77.7 Å². The fourth-order valence-corrected chi connectivity index (χ4v) is 6.53. The Morgan fingerprint density at radius 1 is 1.07 bits per heavy atom. The van der Waals surface area contributed by atoms with Gasteiger partial charge in [-0.25, -0.2) is 0 Å². The second kappa shape index (κ2) is 12.0. The summed E-state index contributed by atoms with van der Waals surface area (Å²) in [5, 5.41) is 12.1. The van der Waals surface area contributed by atoms with Crippen molar-refractivity contribution in [1.29, 1.82) is 5.26 Å². The highest BCUT2D eigenvalue weighted by molar-refractivity contribution is 5.94. The Balaban J connectivity index is 1.31. The van der Waals surface area contributed by atoms with Gasteiger partial charge in [0.05, 0.1) is 30.8 Å². The van der Waals surface area contributed by atoms with E-state index in [0.29, 0.717) is 18.5 Å². The molecule has 0 radical (unpaired) electrons. The van der Waals surface area contributed by atoms with Crippen LogP contribution in [-0.2, 0) is 13.0 Å². The van der Waals surface area contributed by atoms with E-state index in [1.54, 1.807) is 0 Å². The van der Waals surface area contributed by atoms with Gasteiger partial charge in [0, 0.05) is 61.7 Å². The first-order valence-electron chi connectivity index (χ1n) is 15.1. The Labute approximate surface area is 243 Å². The van der Waals surface area contributed by atoms with Gasteiger partial charge in [-0.1, -0.05) is 49.4 Å². The molecule has 0 bridgehead atoms. The lowest BCUT2D eigenvalue weighted by atomic mass is 9.88. The maximum Gasteiger partial charge on any atom is 0.318 e. The molecule has 1 aromatic heterocycles. The van der Waals surface area contributed by atoms with Gasteiger partial charge in [0.2, 0.25) is 0 Å². The zero-order valence-corrected chi connectivity index (χ0v) is 24.5. The van der Waals surface area contributed by atoms with Crippen molar-refractivity contribution in [1.82, 2.24) is 19.8 Å². The predicted octanol–water partition coefficient (Wildman–Crippen LogP) is 4.99. The normalized spacial score (nSPS) is 22.6. The fraction of sp³-hybridized carbons (Fsp3) is 0.485. The number of rotatable bonds is 8. The Morgan fingerprint density at radius 2 is 1.90 bits per heavy atom. The van der Waals surface area contributed by atoms with Crippen LogP contribution in [0.15, 0.2) is 54.7 Å². The molecule has 1 saturated heterocycles. The summed E-state index contributed by atoms with van der Waals surface area (Å²) in [6.07, 6.45) is 7.70. The summed E-state index contributed by atoms with van der Waals surface area (Å²) in [4.78, 5) is 19.6. The molecule has 3 aromatic rings. The zero-order valence-electron chi connectivity index (χ0n) is 24.5. The molecule has 0 N–H and O–H groups in total. The SMILES string of the molecule is CC=CN1CCN(c2nc(OC3CC(N(C)CC)C3)nc3c2CCN(c2cccc4ccccc24)C3)C[C@@H]1CC#N. The van der Waals surface area contributed by atoms with Gasteiger partial charge in [-0.15, -0.1) is 0 Å². The number of piperazine rings is 1. The first-order valence-corrected chi connectivity index (χ1v) is 15.1. The Hall–Kier alpha value is -3.83. The van der Waals surface area contributed by atoms with E-state index >= 15 is 0 Å². The lowest BCUT2D eigenvalue weighted by Crippen LogP contribution is -2.51. The van der Waals surface area contributed by atoms with E-state index in [-0.39, 0.29) is 12.1 Å². The maximum atomic E-state index is 9.55. The van der Waals surface area contributed by atoms with Crippen molar-refractivity contribution in [2.45, 2.75) is 64.3 Å². The highest BCUT2D eigenvalue weighted by Gasteiger charge is 2.35. The standard InChI is InChI=1S/C33H41N7O/c1-4-16-38-18-19-40(22-25(38)13-15-34)32-29-14-17-39(31-12-8-10-24-9-6-7-11-28(24)31)23-30(29)35-33(36-32)41-27-20-26(21-27)37(3)5-2/h4,6-12,16,25-27H,5,13-14,17-23H2,1-3H3/t25-,26?,27?/m0/s1. The van der Waals surface area contributed by atoms with Crippen LogP contribution in [0.3, 0.4) is 0 Å². The van der Waals surface area contributed by atoms with Crippen molar-refractivity contribution in [2.24, 2.45) is 0 Å². The average molecular weight is 552 g/mol. The van der Waals surface area contributed by atoms with Gasteiger partial charge in [-0.3, -0.25) is 0 Å². The van der Waals surface area contributed by atoms with Gasteiger partial charge in [0.1, 0.15) is 11.9 Å². The summed E-state index contributed by atoms with van der Waals surface area (Å²) in [7, 11) is 2.18. The van der Waals surface area contributed by atoms with Crippen LogP contribution in [0, 0.1) is 11.3 Å². The molecule has 0 unspecified atom stereocenters. The van der Waals surface area contributed by atoms with Crippen molar-refractivity contribution in [3.05, 3.63) is 66.0 Å². The minimum absolute atomic E-state index is 0.132. The van der Waals surface area contributed by atoms with Crippen LogP contribution in [0.4, 0.5) is 11.5 Å². The zero-order chi connectivity index (χ0) is 28.3. The first-order chi connectivity index (χ1) is 20.1. The lowest BCUT2D eigenvalue weighted by molar-refractivity contribution is 0.0254. The van der Waals surface area contributed by atoms with Crippen molar-refractivity contribution >= 4 is 22.3 Å². The van der Waals surface area contributed by atoms with Crippen molar-refractivity contribution in [3.8, 4) is 12.1 Å². The molecule has 41 heavy (non-hydrogen) atoms. The van der Waals surface area contributed by atoms with E-state index < -0.39 is 0 Å². The quantitative estimate of drug-likeness (QED) is 0.388. The summed E-state index contributed by atoms with van der Waals surface area (Å²) >= 11 is 0. The smallest absolute Gasteiger partial charge is 0.318 e. The van der Waals surface area contributed by atoms with Gasteiger partial charge in [-0.2, -0.15) is 15.2 Å². The largest absolute Gasteiger partial charge is 0.460 e. The Bertz CT molecular complexity index is 1440. The number of allylic oxidation sites excluding steroid dienone is 1. The third kappa shape index (κ3) is 5.56. The summed E-state index contributed by atoms with van der Waals surface area (Å²) in [6.45, 7) is 9.39. The van der Waals surface area contributed by atoms with Crippen molar-refractivity contribution in [2.75, 3.05) is 49.6 Å². The van der Waals surface area contributed by atoms with Crippen LogP contribution in [0.5, 0.6) is 6.01 Å². The number of hydrogen-bond donors (Lipinski definition) is 0. The Morgan fingerprint density at radius 3 is 2.71 bits per heavy atom. The molecule has 2 aromatic carbocycles. The van der Waals surface area contributed by atoms with Crippen LogP contribution < -0.4 is 14.5 Å². The van der Waals surface area contributed by atoms with Crippen LogP contribution >= 0.6 is 0 Å². The molecule has 1 aliphatic carbocycles. The molecule has 1 saturated carbocycles. The highest BCUT2D eigenvalue weighted by atomic mass is 16.5. The molecule has 214 valence electrons. The number of hydrogen-bond acceptors (Lipinski definition) is 8.